The minimum atomic E-state index is -0.699. The van der Waals surface area contributed by atoms with Crippen LogP contribution in [0.5, 0.6) is 11.5 Å². The maximum atomic E-state index is 7.13. The highest BCUT2D eigenvalue weighted by atomic mass is 16.5. The van der Waals surface area contributed by atoms with Crippen molar-refractivity contribution >= 4 is 76.2 Å². The highest BCUT2D eigenvalue weighted by Gasteiger charge is 2.69. The molecule has 0 fully saturated rings. The lowest BCUT2D eigenvalue weighted by Gasteiger charge is -2.26. The molecule has 0 bridgehead atoms. The average molecular weight is 713 g/mol. The Bertz CT molecular complexity index is 3590. The van der Waals surface area contributed by atoms with Crippen molar-refractivity contribution in [2.45, 2.75) is 5.66 Å². The van der Waals surface area contributed by atoms with Crippen molar-refractivity contribution in [3.05, 3.63) is 181 Å². The van der Waals surface area contributed by atoms with Crippen LogP contribution < -0.4 is 13.9 Å². The molecule has 15 rings (SSSR count). The van der Waals surface area contributed by atoms with Gasteiger partial charge in [-0.2, -0.15) is 0 Å². The third-order valence-electron chi connectivity index (χ3n) is 13.2. The monoisotopic (exact) mass is 712 g/mol. The van der Waals surface area contributed by atoms with Gasteiger partial charge >= 0.3 is 5.66 Å². The largest absolute Gasteiger partial charge is 0.456 e. The Labute approximate surface area is 318 Å². The first-order valence-corrected chi connectivity index (χ1v) is 19.4. The Hall–Kier alpha value is -7.50. The third-order valence-corrected chi connectivity index (χ3v) is 13.2. The quantitative estimate of drug-likeness (QED) is 0.129. The highest BCUT2D eigenvalue weighted by Crippen LogP contribution is 2.59. The van der Waals surface area contributed by atoms with Gasteiger partial charge in [0.25, 0.3) is 0 Å². The van der Waals surface area contributed by atoms with Crippen LogP contribution in [-0.4, -0.2) is 8.80 Å². The van der Waals surface area contributed by atoms with Crippen LogP contribution in [0.3, 0.4) is 0 Å². The van der Waals surface area contributed by atoms with Gasteiger partial charge in [-0.25, -0.2) is 0 Å². The molecule has 6 aromatic carbocycles. The van der Waals surface area contributed by atoms with Crippen LogP contribution >= 0.6 is 0 Å². The molecule has 0 saturated carbocycles. The van der Waals surface area contributed by atoms with E-state index in [9.17, 15) is 0 Å². The lowest BCUT2D eigenvalue weighted by atomic mass is 9.87. The molecule has 6 aromatic heterocycles. The minimum absolute atomic E-state index is 0.699. The van der Waals surface area contributed by atoms with E-state index in [4.69, 9.17) is 4.74 Å². The number of ether oxygens (including phenoxy) is 1. The molecule has 0 atom stereocenters. The van der Waals surface area contributed by atoms with Crippen LogP contribution in [0, 0.1) is 0 Å². The molecule has 0 saturated heterocycles. The van der Waals surface area contributed by atoms with Gasteiger partial charge < -0.3 is 13.5 Å². The predicted octanol–water partition coefficient (Wildman–Crippen LogP) is 11.1. The van der Waals surface area contributed by atoms with Gasteiger partial charge in [0, 0.05) is 33.7 Å². The number of nitrogens with zero attached hydrogens (tertiary/aromatic N) is 4. The van der Waals surface area contributed by atoms with Crippen LogP contribution in [0.1, 0.15) is 11.1 Å². The van der Waals surface area contributed by atoms with E-state index in [0.29, 0.717) is 0 Å². The Balaban J connectivity index is 1.19. The molecule has 12 aromatic rings. The molecular weight excluding hydrogens is 685 g/mol. The van der Waals surface area contributed by atoms with Crippen LogP contribution in [0.25, 0.3) is 98.7 Å². The zero-order valence-corrected chi connectivity index (χ0v) is 29.9. The SMILES string of the molecule is c1ccc(-c2c3ccccc3c3c4ccc[n+]5c4c4c6c(ccc4n23)Oc2ccc3c4c2C65[n+]2cccc(c5c6ccccc6c(-c6ccccc6)n35)c42)cc1. The number of aromatic nitrogens is 4. The first kappa shape index (κ1) is 28.0. The number of hydrogen-bond acceptors (Lipinski definition) is 1. The van der Waals surface area contributed by atoms with Gasteiger partial charge in [-0.05, 0) is 47.5 Å². The van der Waals surface area contributed by atoms with Crippen molar-refractivity contribution in [1.82, 2.24) is 8.80 Å². The standard InChI is InChI=1S/C51H28N4O/c1-3-13-29(14-4-1)45-31-17-7-9-19-33(31)47-35-21-11-27-52-49(35)41-37(54(45)47)23-25-39-43(41)51(52)44-40(56-39)26-24-38-42(44)50-36(22-12-28-53(50)51)48-34-20-10-8-18-32(34)46(55(38)48)30-15-5-2-6-16-30/h1-28H/q+2. The molecule has 56 heavy (non-hydrogen) atoms. The Morgan fingerprint density at radius 2 is 0.804 bits per heavy atom. The summed E-state index contributed by atoms with van der Waals surface area (Å²) in [7, 11) is 0. The van der Waals surface area contributed by atoms with E-state index < -0.39 is 5.66 Å². The van der Waals surface area contributed by atoms with E-state index in [1.807, 2.05) is 0 Å². The minimum Gasteiger partial charge on any atom is -0.456 e. The fraction of sp³-hybridized carbons (Fsp3) is 0.0196. The summed E-state index contributed by atoms with van der Waals surface area (Å²) in [5.41, 5.74) is 13.9. The summed E-state index contributed by atoms with van der Waals surface area (Å²) in [5.74, 6) is 1.82. The lowest BCUT2D eigenvalue weighted by Crippen LogP contribution is -2.72. The van der Waals surface area contributed by atoms with Crippen molar-refractivity contribution in [3.8, 4) is 34.0 Å². The van der Waals surface area contributed by atoms with Gasteiger partial charge in [-0.1, -0.05) is 109 Å². The van der Waals surface area contributed by atoms with E-state index >= 15 is 0 Å². The average Bonchev–Trinajstić information content (AvgIpc) is 3.99. The number of rotatable bonds is 2. The number of benzene rings is 6. The maximum absolute atomic E-state index is 7.13. The van der Waals surface area contributed by atoms with Gasteiger partial charge in [-0.15, -0.1) is 9.13 Å². The third kappa shape index (κ3) is 2.83. The number of pyridine rings is 4. The molecular formula is C51H28N4O+2. The van der Waals surface area contributed by atoms with Crippen LogP contribution in [-0.2, 0) is 5.66 Å². The molecule has 3 aliphatic rings. The molecule has 0 amide bonds. The molecule has 0 unspecified atom stereocenters. The summed E-state index contributed by atoms with van der Waals surface area (Å²) < 4.78 is 17.4. The van der Waals surface area contributed by atoms with Crippen molar-refractivity contribution in [3.63, 3.8) is 0 Å². The zero-order valence-electron chi connectivity index (χ0n) is 29.9. The van der Waals surface area contributed by atoms with E-state index in [1.165, 1.54) is 110 Å². The van der Waals surface area contributed by atoms with Crippen molar-refractivity contribution < 1.29 is 13.9 Å². The molecule has 0 N–H and O–H groups in total. The number of fused-ring (bicyclic) bond motifs is 10. The summed E-state index contributed by atoms with van der Waals surface area (Å²) >= 11 is 0. The van der Waals surface area contributed by atoms with Crippen LogP contribution in [0.4, 0.5) is 0 Å². The fourth-order valence-corrected chi connectivity index (χ4v) is 11.4. The normalized spacial score (nSPS) is 14.4. The second-order valence-electron chi connectivity index (χ2n) is 15.6. The fourth-order valence-electron chi connectivity index (χ4n) is 11.4. The molecule has 1 spiro atoms. The van der Waals surface area contributed by atoms with Gasteiger partial charge in [-0.3, -0.25) is 0 Å². The highest BCUT2D eigenvalue weighted by molar-refractivity contribution is 6.25. The molecule has 9 heterocycles. The van der Waals surface area contributed by atoms with E-state index in [2.05, 4.69) is 188 Å². The van der Waals surface area contributed by atoms with Crippen LogP contribution in [0.2, 0.25) is 0 Å². The first-order valence-electron chi connectivity index (χ1n) is 19.4. The summed E-state index contributed by atoms with van der Waals surface area (Å²) in [6.45, 7) is 0. The summed E-state index contributed by atoms with van der Waals surface area (Å²) in [6, 6.07) is 57.8. The van der Waals surface area contributed by atoms with Crippen molar-refractivity contribution in [1.29, 1.82) is 0 Å². The summed E-state index contributed by atoms with van der Waals surface area (Å²) in [6.07, 6.45) is 4.63. The smallest absolute Gasteiger partial charge is 0.425 e. The first-order chi connectivity index (χ1) is 27.8. The molecule has 0 aliphatic carbocycles. The van der Waals surface area contributed by atoms with Gasteiger partial charge in [0.15, 0.2) is 23.5 Å². The molecule has 3 aliphatic heterocycles. The molecule has 5 nitrogen and oxygen atoms in total. The topological polar surface area (TPSA) is 25.8 Å². The summed E-state index contributed by atoms with van der Waals surface area (Å²) in [4.78, 5) is 0. The van der Waals surface area contributed by atoms with E-state index in [-0.39, 0.29) is 0 Å². The Morgan fingerprint density at radius 1 is 0.393 bits per heavy atom. The van der Waals surface area contributed by atoms with Crippen molar-refractivity contribution in [2.75, 3.05) is 0 Å². The lowest BCUT2D eigenvalue weighted by molar-refractivity contribution is -0.945. The number of hydrogen-bond donors (Lipinski definition) is 0. The second-order valence-corrected chi connectivity index (χ2v) is 15.6. The Morgan fingerprint density at radius 3 is 1.27 bits per heavy atom. The molecule has 5 heteroatoms. The second kappa shape index (κ2) is 9.23. The van der Waals surface area contributed by atoms with Gasteiger partial charge in [0.05, 0.1) is 55.0 Å². The van der Waals surface area contributed by atoms with Gasteiger partial charge in [0.1, 0.15) is 11.5 Å². The van der Waals surface area contributed by atoms with Gasteiger partial charge in [0.2, 0.25) is 11.0 Å². The zero-order chi connectivity index (χ0) is 36.0. The van der Waals surface area contributed by atoms with E-state index in [0.717, 1.165) is 11.5 Å². The maximum Gasteiger partial charge on any atom is 0.425 e. The van der Waals surface area contributed by atoms with Crippen LogP contribution in [0.15, 0.2) is 170 Å². The predicted molar refractivity (Wildman–Crippen MR) is 223 cm³/mol. The Kier molecular flexibility index (Phi) is 4.62. The molecule has 0 radical (unpaired) electrons. The van der Waals surface area contributed by atoms with E-state index in [1.54, 1.807) is 0 Å². The molecule has 256 valence electrons. The van der Waals surface area contributed by atoms with Crippen molar-refractivity contribution in [2.24, 2.45) is 0 Å². The summed E-state index contributed by atoms with van der Waals surface area (Å²) in [5, 5.41) is 9.97.